The molecule has 0 aromatic heterocycles. The van der Waals surface area contributed by atoms with Crippen LogP contribution in [-0.4, -0.2) is 30.5 Å². The fourth-order valence-electron chi connectivity index (χ4n) is 2.99. The van der Waals surface area contributed by atoms with Gasteiger partial charge < -0.3 is 0 Å². The molecule has 2 unspecified atom stereocenters. The number of halogens is 1. The van der Waals surface area contributed by atoms with Gasteiger partial charge in [0.05, 0.1) is 0 Å². The van der Waals surface area contributed by atoms with Gasteiger partial charge in [-0.2, -0.15) is 4.31 Å². The van der Waals surface area contributed by atoms with Crippen LogP contribution in [-0.2, 0) is 10.0 Å². The highest BCUT2D eigenvalue weighted by atomic mass is 35.5. The summed E-state index contributed by atoms with van der Waals surface area (Å²) in [5.41, 5.74) is 0. The molecule has 1 heterocycles. The number of nitrogens with zero attached hydrogens (tertiary/aromatic N) is 1. The second-order valence-corrected chi connectivity index (χ2v) is 7.09. The molecule has 2 atom stereocenters. The van der Waals surface area contributed by atoms with E-state index in [0.717, 1.165) is 19.3 Å². The van der Waals surface area contributed by atoms with Crippen molar-refractivity contribution >= 4 is 21.6 Å². The minimum atomic E-state index is -3.19. The largest absolute Gasteiger partial charge is 0.228 e. The number of piperidine rings is 1. The summed E-state index contributed by atoms with van der Waals surface area (Å²) < 4.78 is 25.3. The molecular weight excluding hydrogens is 234 g/mol. The molecule has 0 N–H and O–H groups in total. The van der Waals surface area contributed by atoms with E-state index >= 15 is 0 Å². The first-order chi connectivity index (χ1) is 7.15. The summed E-state index contributed by atoms with van der Waals surface area (Å²) >= 11 is 5.53. The standard InChI is InChI=1S/C10H18ClNO2S/c11-8-15(13,14)12-7-3-5-9-4-1-2-6-10(9)12/h9-10H,1-8H2. The lowest BCUT2D eigenvalue weighted by Gasteiger charge is -2.42. The predicted molar refractivity (Wildman–Crippen MR) is 61.3 cm³/mol. The highest BCUT2D eigenvalue weighted by Gasteiger charge is 2.38. The predicted octanol–water partition coefficient (Wildman–Crippen LogP) is 2.17. The summed E-state index contributed by atoms with van der Waals surface area (Å²) in [4.78, 5) is 0. The number of rotatable bonds is 2. The monoisotopic (exact) mass is 251 g/mol. The van der Waals surface area contributed by atoms with E-state index in [2.05, 4.69) is 0 Å². The van der Waals surface area contributed by atoms with Gasteiger partial charge in [0.2, 0.25) is 10.0 Å². The summed E-state index contributed by atoms with van der Waals surface area (Å²) in [6.45, 7) is 0.677. The average molecular weight is 252 g/mol. The molecule has 0 aromatic carbocycles. The van der Waals surface area contributed by atoms with Crippen LogP contribution < -0.4 is 0 Å². The first-order valence-electron chi connectivity index (χ1n) is 5.70. The van der Waals surface area contributed by atoms with Gasteiger partial charge in [-0.05, 0) is 31.6 Å². The molecule has 0 spiro atoms. The van der Waals surface area contributed by atoms with Crippen molar-refractivity contribution in [3.63, 3.8) is 0 Å². The van der Waals surface area contributed by atoms with E-state index in [0.29, 0.717) is 12.5 Å². The van der Waals surface area contributed by atoms with E-state index in [-0.39, 0.29) is 11.3 Å². The Kier molecular flexibility index (Phi) is 3.58. The van der Waals surface area contributed by atoms with Gasteiger partial charge in [0.15, 0.2) is 0 Å². The van der Waals surface area contributed by atoms with Crippen molar-refractivity contribution in [1.29, 1.82) is 0 Å². The molecule has 0 bridgehead atoms. The molecule has 88 valence electrons. The van der Waals surface area contributed by atoms with Gasteiger partial charge in [-0.3, -0.25) is 0 Å². The van der Waals surface area contributed by atoms with Crippen molar-refractivity contribution in [3.05, 3.63) is 0 Å². The van der Waals surface area contributed by atoms with Crippen LogP contribution >= 0.6 is 11.6 Å². The van der Waals surface area contributed by atoms with Gasteiger partial charge in [0, 0.05) is 12.6 Å². The number of hydrogen-bond donors (Lipinski definition) is 0. The number of fused-ring (bicyclic) bond motifs is 1. The van der Waals surface area contributed by atoms with E-state index < -0.39 is 10.0 Å². The van der Waals surface area contributed by atoms with Crippen LogP contribution in [0.3, 0.4) is 0 Å². The van der Waals surface area contributed by atoms with E-state index in [9.17, 15) is 8.42 Å². The maximum absolute atomic E-state index is 11.8. The van der Waals surface area contributed by atoms with E-state index in [1.165, 1.54) is 19.3 Å². The molecule has 5 heteroatoms. The van der Waals surface area contributed by atoms with Gasteiger partial charge >= 0.3 is 0 Å². The first-order valence-corrected chi connectivity index (χ1v) is 7.85. The van der Waals surface area contributed by atoms with Crippen molar-refractivity contribution in [1.82, 2.24) is 4.31 Å². The summed E-state index contributed by atoms with van der Waals surface area (Å²) in [6, 6.07) is 0.247. The third-order valence-corrected chi connectivity index (χ3v) is 5.96. The molecule has 3 nitrogen and oxygen atoms in total. The summed E-state index contributed by atoms with van der Waals surface area (Å²) in [6.07, 6.45) is 6.83. The molecule has 1 aliphatic heterocycles. The number of sulfonamides is 1. The summed E-state index contributed by atoms with van der Waals surface area (Å²) in [5, 5.41) is -0.268. The Morgan fingerprint density at radius 3 is 2.53 bits per heavy atom. The average Bonchev–Trinajstić information content (AvgIpc) is 2.28. The third-order valence-electron chi connectivity index (χ3n) is 3.69. The smallest absolute Gasteiger partial charge is 0.211 e. The zero-order chi connectivity index (χ0) is 10.9. The Balaban J connectivity index is 2.17. The van der Waals surface area contributed by atoms with Gasteiger partial charge in [0.1, 0.15) is 5.21 Å². The minimum Gasteiger partial charge on any atom is -0.211 e. The third kappa shape index (κ3) is 2.32. The van der Waals surface area contributed by atoms with E-state index in [4.69, 9.17) is 11.6 Å². The van der Waals surface area contributed by atoms with Crippen LogP contribution in [0.25, 0.3) is 0 Å². The summed E-state index contributed by atoms with van der Waals surface area (Å²) in [5.74, 6) is 0.588. The fraction of sp³-hybridized carbons (Fsp3) is 1.00. The zero-order valence-corrected chi connectivity index (χ0v) is 10.4. The van der Waals surface area contributed by atoms with Crippen LogP contribution in [0.4, 0.5) is 0 Å². The van der Waals surface area contributed by atoms with Crippen molar-refractivity contribution in [2.75, 3.05) is 11.8 Å². The van der Waals surface area contributed by atoms with Crippen LogP contribution in [0, 0.1) is 5.92 Å². The van der Waals surface area contributed by atoms with Crippen molar-refractivity contribution in [2.45, 2.75) is 44.6 Å². The molecule has 2 fully saturated rings. The Morgan fingerprint density at radius 1 is 1.13 bits per heavy atom. The Labute approximate surface area is 96.8 Å². The molecular formula is C10H18ClNO2S. The lowest BCUT2D eigenvalue weighted by Crippen LogP contribution is -2.49. The van der Waals surface area contributed by atoms with Crippen LogP contribution in [0.1, 0.15) is 38.5 Å². The molecule has 0 amide bonds. The van der Waals surface area contributed by atoms with Gasteiger partial charge in [-0.25, -0.2) is 8.42 Å². The SMILES string of the molecule is O=S(=O)(CCl)N1CCCC2CCCCC21. The topological polar surface area (TPSA) is 37.4 Å². The highest BCUT2D eigenvalue weighted by Crippen LogP contribution is 2.36. The van der Waals surface area contributed by atoms with Gasteiger partial charge in [-0.15, -0.1) is 11.6 Å². The maximum atomic E-state index is 11.8. The molecule has 0 radical (unpaired) electrons. The molecule has 1 saturated heterocycles. The normalized spacial score (nSPS) is 33.7. The van der Waals surface area contributed by atoms with Crippen LogP contribution in [0.5, 0.6) is 0 Å². The fourth-order valence-corrected chi connectivity index (χ4v) is 4.59. The highest BCUT2D eigenvalue weighted by molar-refractivity contribution is 7.90. The Hall–Kier alpha value is 0.200. The molecule has 2 aliphatic rings. The number of hydrogen-bond acceptors (Lipinski definition) is 2. The lowest BCUT2D eigenvalue weighted by atomic mass is 9.79. The second kappa shape index (κ2) is 4.60. The second-order valence-electron chi connectivity index (χ2n) is 4.59. The number of alkyl halides is 1. The lowest BCUT2D eigenvalue weighted by molar-refractivity contribution is 0.129. The minimum absolute atomic E-state index is 0.247. The van der Waals surface area contributed by atoms with Crippen LogP contribution in [0.15, 0.2) is 0 Å². The van der Waals surface area contributed by atoms with Crippen molar-refractivity contribution in [2.24, 2.45) is 5.92 Å². The van der Waals surface area contributed by atoms with Gasteiger partial charge in [0.25, 0.3) is 0 Å². The maximum Gasteiger partial charge on any atom is 0.228 e. The molecule has 1 saturated carbocycles. The Bertz CT molecular complexity index is 315. The van der Waals surface area contributed by atoms with Crippen LogP contribution in [0.2, 0.25) is 0 Å². The van der Waals surface area contributed by atoms with E-state index in [1.54, 1.807) is 4.31 Å². The van der Waals surface area contributed by atoms with Crippen molar-refractivity contribution < 1.29 is 8.42 Å². The molecule has 0 aromatic rings. The van der Waals surface area contributed by atoms with E-state index in [1.807, 2.05) is 0 Å². The summed E-state index contributed by atoms with van der Waals surface area (Å²) in [7, 11) is -3.19. The first kappa shape index (κ1) is 11.7. The van der Waals surface area contributed by atoms with Gasteiger partial charge in [-0.1, -0.05) is 12.8 Å². The molecule has 15 heavy (non-hydrogen) atoms. The molecule has 2 rings (SSSR count). The molecule has 1 aliphatic carbocycles. The zero-order valence-electron chi connectivity index (χ0n) is 8.86. The van der Waals surface area contributed by atoms with Crippen molar-refractivity contribution in [3.8, 4) is 0 Å². The quantitative estimate of drug-likeness (QED) is 0.706. The Morgan fingerprint density at radius 2 is 1.80 bits per heavy atom.